The third-order valence-corrected chi connectivity index (χ3v) is 3.73. The first-order chi connectivity index (χ1) is 10.1. The summed E-state index contributed by atoms with van der Waals surface area (Å²) in [6.07, 6.45) is 3.13. The Morgan fingerprint density at radius 2 is 1.86 bits per heavy atom. The summed E-state index contributed by atoms with van der Waals surface area (Å²) in [4.78, 5) is 22.7. The average Bonchev–Trinajstić information content (AvgIpc) is 2.48. The Kier molecular flexibility index (Phi) is 5.16. The van der Waals surface area contributed by atoms with Crippen LogP contribution < -0.4 is 16.4 Å². The van der Waals surface area contributed by atoms with Gasteiger partial charge in [0.1, 0.15) is 0 Å². The van der Waals surface area contributed by atoms with Gasteiger partial charge in [0.25, 0.3) is 5.91 Å². The zero-order chi connectivity index (χ0) is 15.2. The second kappa shape index (κ2) is 7.08. The van der Waals surface area contributed by atoms with Crippen molar-refractivity contribution in [1.29, 1.82) is 0 Å². The minimum absolute atomic E-state index is 0.164. The Labute approximate surface area is 123 Å². The van der Waals surface area contributed by atoms with E-state index in [0.29, 0.717) is 12.1 Å². The fourth-order valence-electron chi connectivity index (χ4n) is 2.49. The lowest BCUT2D eigenvalue weighted by Crippen LogP contribution is -2.45. The highest BCUT2D eigenvalue weighted by molar-refractivity contribution is 5.94. The molecular formula is C15H21N3O3. The van der Waals surface area contributed by atoms with Crippen molar-refractivity contribution in [3.8, 4) is 0 Å². The predicted molar refractivity (Wildman–Crippen MR) is 78.6 cm³/mol. The van der Waals surface area contributed by atoms with Gasteiger partial charge in [-0.3, -0.25) is 4.79 Å². The topological polar surface area (TPSA) is 104 Å². The molecule has 0 aromatic heterocycles. The van der Waals surface area contributed by atoms with Crippen molar-refractivity contribution in [3.63, 3.8) is 0 Å². The van der Waals surface area contributed by atoms with Gasteiger partial charge in [0.05, 0.1) is 12.1 Å². The van der Waals surface area contributed by atoms with E-state index in [1.54, 1.807) is 24.3 Å². The molecule has 1 aromatic rings. The fraction of sp³-hybridized carbons (Fsp3) is 0.467. The Bertz CT molecular complexity index is 501. The predicted octanol–water partition coefficient (Wildman–Crippen LogP) is 0.888. The van der Waals surface area contributed by atoms with Gasteiger partial charge < -0.3 is 21.5 Å². The summed E-state index contributed by atoms with van der Waals surface area (Å²) in [5.74, 6) is -0.185. The number of nitrogens with one attached hydrogen (secondary N) is 2. The summed E-state index contributed by atoms with van der Waals surface area (Å²) in [6.45, 7) is 0.332. The number of aliphatic hydroxyl groups excluding tert-OH is 1. The summed E-state index contributed by atoms with van der Waals surface area (Å²) >= 11 is 0. The van der Waals surface area contributed by atoms with Crippen molar-refractivity contribution in [1.82, 2.24) is 10.6 Å². The minimum Gasteiger partial charge on any atom is -0.391 e. The van der Waals surface area contributed by atoms with E-state index in [1.807, 2.05) is 0 Å². The second-order valence-electron chi connectivity index (χ2n) is 5.35. The fourth-order valence-corrected chi connectivity index (χ4v) is 2.49. The first-order valence-electron chi connectivity index (χ1n) is 7.17. The highest BCUT2D eigenvalue weighted by atomic mass is 16.3. The number of carbonyl (C=O) groups excluding carboxylic acids is 2. The maximum absolute atomic E-state index is 12.1. The summed E-state index contributed by atoms with van der Waals surface area (Å²) < 4.78 is 0. The SMILES string of the molecule is NC(=O)NCc1ccc(C(=O)N[C@H]2CCCC[C@@H]2O)cc1. The largest absolute Gasteiger partial charge is 0.391 e. The minimum atomic E-state index is -0.580. The Balaban J connectivity index is 1.91. The summed E-state index contributed by atoms with van der Waals surface area (Å²) in [6, 6.07) is 6.18. The van der Waals surface area contributed by atoms with E-state index in [-0.39, 0.29) is 11.9 Å². The van der Waals surface area contributed by atoms with E-state index in [2.05, 4.69) is 10.6 Å². The molecule has 1 aliphatic rings. The van der Waals surface area contributed by atoms with Crippen molar-refractivity contribution in [2.75, 3.05) is 0 Å². The molecule has 1 saturated carbocycles. The molecule has 6 heteroatoms. The lowest BCUT2D eigenvalue weighted by molar-refractivity contribution is 0.0717. The molecule has 2 rings (SSSR count). The third kappa shape index (κ3) is 4.46. The van der Waals surface area contributed by atoms with E-state index in [1.165, 1.54) is 0 Å². The molecule has 1 aliphatic carbocycles. The van der Waals surface area contributed by atoms with Gasteiger partial charge in [0.15, 0.2) is 0 Å². The number of nitrogens with two attached hydrogens (primary N) is 1. The lowest BCUT2D eigenvalue weighted by atomic mass is 9.92. The van der Waals surface area contributed by atoms with Gasteiger partial charge >= 0.3 is 6.03 Å². The number of rotatable bonds is 4. The molecule has 1 fully saturated rings. The van der Waals surface area contributed by atoms with Crippen LogP contribution in [0.15, 0.2) is 24.3 Å². The van der Waals surface area contributed by atoms with Crippen molar-refractivity contribution in [2.45, 2.75) is 44.4 Å². The molecule has 3 amide bonds. The van der Waals surface area contributed by atoms with Crippen LogP contribution in [0.2, 0.25) is 0 Å². The molecule has 2 atom stereocenters. The number of carbonyl (C=O) groups is 2. The normalized spacial score (nSPS) is 21.6. The molecule has 0 spiro atoms. The maximum atomic E-state index is 12.1. The average molecular weight is 291 g/mol. The lowest BCUT2D eigenvalue weighted by Gasteiger charge is -2.28. The van der Waals surface area contributed by atoms with Gasteiger partial charge in [0.2, 0.25) is 0 Å². The molecule has 114 valence electrons. The first-order valence-corrected chi connectivity index (χ1v) is 7.17. The zero-order valence-corrected chi connectivity index (χ0v) is 11.8. The Hall–Kier alpha value is -2.08. The van der Waals surface area contributed by atoms with Crippen LogP contribution in [0.3, 0.4) is 0 Å². The van der Waals surface area contributed by atoms with Crippen LogP contribution in [0.5, 0.6) is 0 Å². The molecule has 1 aromatic carbocycles. The summed E-state index contributed by atoms with van der Waals surface area (Å²) in [7, 11) is 0. The van der Waals surface area contributed by atoms with E-state index in [4.69, 9.17) is 5.73 Å². The van der Waals surface area contributed by atoms with Crippen molar-refractivity contribution < 1.29 is 14.7 Å². The summed E-state index contributed by atoms with van der Waals surface area (Å²) in [5, 5.41) is 15.2. The van der Waals surface area contributed by atoms with Crippen molar-refractivity contribution in [2.24, 2.45) is 5.73 Å². The molecular weight excluding hydrogens is 270 g/mol. The van der Waals surface area contributed by atoms with Gasteiger partial charge in [-0.25, -0.2) is 4.79 Å². The number of primary amides is 1. The molecule has 0 saturated heterocycles. The number of urea groups is 1. The van der Waals surface area contributed by atoms with Crippen molar-refractivity contribution >= 4 is 11.9 Å². The summed E-state index contributed by atoms with van der Waals surface area (Å²) in [5.41, 5.74) is 6.40. The van der Waals surface area contributed by atoms with E-state index in [0.717, 1.165) is 31.2 Å². The van der Waals surface area contributed by atoms with Gasteiger partial charge in [-0.1, -0.05) is 25.0 Å². The van der Waals surface area contributed by atoms with Crippen LogP contribution in [0.1, 0.15) is 41.6 Å². The monoisotopic (exact) mass is 291 g/mol. The van der Waals surface area contributed by atoms with Crippen LogP contribution in [-0.4, -0.2) is 29.2 Å². The third-order valence-electron chi connectivity index (χ3n) is 3.73. The van der Waals surface area contributed by atoms with E-state index >= 15 is 0 Å². The standard InChI is InChI=1S/C15H21N3O3/c16-15(21)17-9-10-5-7-11(8-6-10)14(20)18-12-3-1-2-4-13(12)19/h5-8,12-13,19H,1-4,9H2,(H,18,20)(H3,16,17,21)/t12-,13-/m0/s1. The number of aliphatic hydroxyl groups is 1. The van der Waals surface area contributed by atoms with E-state index in [9.17, 15) is 14.7 Å². The quantitative estimate of drug-likeness (QED) is 0.662. The van der Waals surface area contributed by atoms with Crippen LogP contribution in [0.25, 0.3) is 0 Å². The first kappa shape index (κ1) is 15.3. The van der Waals surface area contributed by atoms with Gasteiger partial charge in [0, 0.05) is 12.1 Å². The van der Waals surface area contributed by atoms with Crippen LogP contribution in [0, 0.1) is 0 Å². The van der Waals surface area contributed by atoms with Crippen LogP contribution in [-0.2, 0) is 6.54 Å². The van der Waals surface area contributed by atoms with Gasteiger partial charge in [-0.15, -0.1) is 0 Å². The van der Waals surface area contributed by atoms with Crippen LogP contribution in [0.4, 0.5) is 4.79 Å². The molecule has 21 heavy (non-hydrogen) atoms. The number of amides is 3. The number of hydrogen-bond donors (Lipinski definition) is 4. The Morgan fingerprint density at radius 1 is 1.19 bits per heavy atom. The molecule has 0 bridgehead atoms. The number of hydrogen-bond acceptors (Lipinski definition) is 3. The van der Waals surface area contributed by atoms with Crippen molar-refractivity contribution in [3.05, 3.63) is 35.4 Å². The molecule has 0 aliphatic heterocycles. The molecule has 0 unspecified atom stereocenters. The molecule has 5 N–H and O–H groups in total. The molecule has 0 heterocycles. The van der Waals surface area contributed by atoms with E-state index < -0.39 is 12.1 Å². The van der Waals surface area contributed by atoms with Crippen LogP contribution >= 0.6 is 0 Å². The second-order valence-corrected chi connectivity index (χ2v) is 5.35. The van der Waals surface area contributed by atoms with Gasteiger partial charge in [-0.2, -0.15) is 0 Å². The van der Waals surface area contributed by atoms with Gasteiger partial charge in [-0.05, 0) is 30.5 Å². The molecule has 0 radical (unpaired) electrons. The zero-order valence-electron chi connectivity index (χ0n) is 11.8. The Morgan fingerprint density at radius 3 is 2.48 bits per heavy atom. The number of benzene rings is 1. The maximum Gasteiger partial charge on any atom is 0.312 e. The highest BCUT2D eigenvalue weighted by Gasteiger charge is 2.24. The highest BCUT2D eigenvalue weighted by Crippen LogP contribution is 2.18. The molecule has 6 nitrogen and oxygen atoms in total. The smallest absolute Gasteiger partial charge is 0.312 e.